The van der Waals surface area contributed by atoms with Gasteiger partial charge in [-0.1, -0.05) is 64.1 Å². The highest BCUT2D eigenvalue weighted by Crippen LogP contribution is 2.25. The van der Waals surface area contributed by atoms with Crippen molar-refractivity contribution in [1.82, 2.24) is 14.7 Å². The smallest absolute Gasteiger partial charge is 0.0986 e. The summed E-state index contributed by atoms with van der Waals surface area (Å²) < 4.78 is 0. The number of hydrogen-bond donors (Lipinski definition) is 2. The van der Waals surface area contributed by atoms with Crippen LogP contribution in [0, 0.1) is 0 Å². The van der Waals surface area contributed by atoms with Crippen LogP contribution in [0.25, 0.3) is 0 Å². The monoisotopic (exact) mass is 572 g/mol. The largest absolute Gasteiger partial charge is 0.372 e. The van der Waals surface area contributed by atoms with Gasteiger partial charge in [0, 0.05) is 56.2 Å². The molecule has 0 aromatic heterocycles. The number of rotatable bonds is 9. The lowest BCUT2D eigenvalue weighted by molar-refractivity contribution is 0.187. The van der Waals surface area contributed by atoms with Crippen LogP contribution in [0.2, 0.25) is 0 Å². The van der Waals surface area contributed by atoms with Crippen LogP contribution in [-0.4, -0.2) is 66.3 Å². The lowest BCUT2D eigenvalue weighted by Gasteiger charge is -2.34. The number of likely N-dealkylation sites (N-methyl/N-ethyl adjacent to an activating group) is 1. The Morgan fingerprint density at radius 2 is 1.74 bits per heavy atom. The van der Waals surface area contributed by atoms with Crippen LogP contribution in [0.15, 0.2) is 84.3 Å². The van der Waals surface area contributed by atoms with Gasteiger partial charge in [-0.3, -0.25) is 4.99 Å². The normalized spacial score (nSPS) is 16.3. The predicted molar refractivity (Wildman–Crippen MR) is 184 cm³/mol. The number of aryl methyl sites for hydroxylation is 1. The number of piperazine rings is 1. The van der Waals surface area contributed by atoms with E-state index >= 15 is 0 Å². The summed E-state index contributed by atoms with van der Waals surface area (Å²) in [6.45, 7) is 26.0. The molecule has 2 aromatic carbocycles. The Morgan fingerprint density at radius 1 is 1.05 bits per heavy atom. The number of anilines is 1. The van der Waals surface area contributed by atoms with E-state index in [4.69, 9.17) is 10.7 Å². The lowest BCUT2D eigenvalue weighted by Crippen LogP contribution is -2.43. The molecular formula is C36H56N6. The van der Waals surface area contributed by atoms with Gasteiger partial charge in [-0.15, -0.1) is 6.58 Å². The van der Waals surface area contributed by atoms with E-state index in [-0.39, 0.29) is 6.17 Å². The van der Waals surface area contributed by atoms with E-state index in [0.29, 0.717) is 0 Å². The maximum atomic E-state index is 6.14. The number of hydrogen-bond acceptors (Lipinski definition) is 6. The van der Waals surface area contributed by atoms with Crippen molar-refractivity contribution in [2.75, 3.05) is 45.1 Å². The van der Waals surface area contributed by atoms with Gasteiger partial charge in [-0.2, -0.15) is 0 Å². The molecule has 1 fully saturated rings. The lowest BCUT2D eigenvalue weighted by atomic mass is 9.95. The van der Waals surface area contributed by atoms with Crippen LogP contribution in [0.5, 0.6) is 0 Å². The van der Waals surface area contributed by atoms with Gasteiger partial charge >= 0.3 is 0 Å². The average molecular weight is 573 g/mol. The third-order valence-electron chi connectivity index (χ3n) is 7.34. The van der Waals surface area contributed by atoms with E-state index in [2.05, 4.69) is 103 Å². The number of allylic oxidation sites excluding steroid dienone is 3. The summed E-state index contributed by atoms with van der Waals surface area (Å²) >= 11 is 0. The van der Waals surface area contributed by atoms with Gasteiger partial charge in [0.05, 0.1) is 17.7 Å². The van der Waals surface area contributed by atoms with E-state index in [9.17, 15) is 0 Å². The second-order valence-corrected chi connectivity index (χ2v) is 10.9. The number of nitrogens with zero attached hydrogens (tertiary/aromatic N) is 4. The second kappa shape index (κ2) is 18.2. The molecule has 6 heteroatoms. The van der Waals surface area contributed by atoms with E-state index < -0.39 is 0 Å². The van der Waals surface area contributed by atoms with Crippen molar-refractivity contribution in [1.29, 1.82) is 0 Å². The molecule has 42 heavy (non-hydrogen) atoms. The summed E-state index contributed by atoms with van der Waals surface area (Å²) in [7, 11) is 2.18. The maximum absolute atomic E-state index is 6.14. The number of nitrogens with one attached hydrogen (secondary N) is 1. The number of nitrogens with two attached hydrogens (primary N) is 1. The molecule has 0 bridgehead atoms. The van der Waals surface area contributed by atoms with Crippen LogP contribution >= 0.6 is 0 Å². The summed E-state index contributed by atoms with van der Waals surface area (Å²) in [5.74, 6) is 0.944. The molecule has 2 aromatic rings. The van der Waals surface area contributed by atoms with Crippen molar-refractivity contribution in [3.63, 3.8) is 0 Å². The Hall–Kier alpha value is -3.35. The third kappa shape index (κ3) is 10.8. The Bertz CT molecular complexity index is 1190. The van der Waals surface area contributed by atoms with Gasteiger partial charge in [0.2, 0.25) is 0 Å². The SMILES string of the molecule is C=C(Nc1cccc(CCC)c1)N1CCc2ccc(C(/C=C(\C)N3CCN(C)CC3)=N/C(C)N)cc2C1.C=CC.CC. The first-order valence-corrected chi connectivity index (χ1v) is 15.7. The number of fused-ring (bicyclic) bond motifs is 1. The van der Waals surface area contributed by atoms with Crippen LogP contribution in [-0.2, 0) is 19.4 Å². The molecule has 0 radical (unpaired) electrons. The van der Waals surface area contributed by atoms with E-state index in [1.807, 2.05) is 27.7 Å². The molecule has 2 aliphatic rings. The average Bonchev–Trinajstić information content (AvgIpc) is 2.98. The molecule has 2 aliphatic heterocycles. The first-order chi connectivity index (χ1) is 20.2. The fourth-order valence-corrected chi connectivity index (χ4v) is 5.15. The van der Waals surface area contributed by atoms with Crippen LogP contribution in [0.1, 0.15) is 70.2 Å². The fraction of sp³-hybridized carbons (Fsp3) is 0.472. The molecule has 0 spiro atoms. The summed E-state index contributed by atoms with van der Waals surface area (Å²) in [5.41, 5.74) is 14.7. The zero-order valence-electron chi connectivity index (χ0n) is 27.4. The summed E-state index contributed by atoms with van der Waals surface area (Å²) in [6.07, 6.45) is 6.94. The molecule has 0 saturated carbocycles. The van der Waals surface area contributed by atoms with Gasteiger partial charge in [-0.25, -0.2) is 0 Å². The quantitative estimate of drug-likeness (QED) is 0.249. The molecule has 3 N–H and O–H groups in total. The third-order valence-corrected chi connectivity index (χ3v) is 7.34. The Morgan fingerprint density at radius 3 is 2.38 bits per heavy atom. The molecule has 1 saturated heterocycles. The zero-order chi connectivity index (χ0) is 31.1. The molecule has 4 rings (SSSR count). The molecule has 230 valence electrons. The molecular weight excluding hydrogens is 516 g/mol. The standard InChI is InChI=1S/C31H44N6.C3H6.C2H6/c1-6-8-26-9-7-10-30(20-26)34-25(4)37-14-13-27-11-12-28(21-29(27)22-37)31(33-24(3)32)19-23(2)36-17-15-35(5)16-18-36;1-3-2;1-2/h7,9-12,19-21,24,34H,4,6,8,13-18,22,32H2,1-3,5H3;3H,1H2,2H3;1-2H3/b23-19+,33-31+;;. The van der Waals surface area contributed by atoms with Crippen molar-refractivity contribution >= 4 is 11.4 Å². The first-order valence-electron chi connectivity index (χ1n) is 15.7. The highest BCUT2D eigenvalue weighted by molar-refractivity contribution is 6.09. The van der Waals surface area contributed by atoms with Crippen molar-refractivity contribution in [3.05, 3.63) is 102 Å². The molecule has 6 nitrogen and oxygen atoms in total. The highest BCUT2D eigenvalue weighted by Gasteiger charge is 2.20. The molecule has 1 atom stereocenters. The zero-order valence-corrected chi connectivity index (χ0v) is 27.4. The topological polar surface area (TPSA) is 60.1 Å². The number of benzene rings is 2. The Labute approximate surface area is 256 Å². The molecule has 0 aliphatic carbocycles. The minimum atomic E-state index is -0.258. The van der Waals surface area contributed by atoms with Crippen molar-refractivity contribution in [2.45, 2.75) is 73.5 Å². The predicted octanol–water partition coefficient (Wildman–Crippen LogP) is 7.04. The van der Waals surface area contributed by atoms with Gasteiger partial charge in [0.15, 0.2) is 0 Å². The minimum Gasteiger partial charge on any atom is -0.372 e. The van der Waals surface area contributed by atoms with Crippen molar-refractivity contribution in [3.8, 4) is 0 Å². The molecule has 1 unspecified atom stereocenters. The van der Waals surface area contributed by atoms with Gasteiger partial charge in [0.1, 0.15) is 0 Å². The van der Waals surface area contributed by atoms with Crippen LogP contribution in [0.4, 0.5) is 5.69 Å². The van der Waals surface area contributed by atoms with E-state index in [0.717, 1.165) is 81.3 Å². The van der Waals surface area contributed by atoms with Crippen LogP contribution < -0.4 is 11.1 Å². The second-order valence-electron chi connectivity index (χ2n) is 10.9. The summed E-state index contributed by atoms with van der Waals surface area (Å²) in [6, 6.07) is 15.4. The molecule has 2 heterocycles. The summed E-state index contributed by atoms with van der Waals surface area (Å²) in [5, 5.41) is 3.54. The summed E-state index contributed by atoms with van der Waals surface area (Å²) in [4.78, 5) is 12.0. The Kier molecular flexibility index (Phi) is 15.1. The first kappa shape index (κ1) is 34.8. The van der Waals surface area contributed by atoms with E-state index in [1.54, 1.807) is 6.08 Å². The van der Waals surface area contributed by atoms with Crippen molar-refractivity contribution in [2.24, 2.45) is 10.7 Å². The highest BCUT2D eigenvalue weighted by atomic mass is 15.3. The minimum absolute atomic E-state index is 0.258. The fourth-order valence-electron chi connectivity index (χ4n) is 5.15. The van der Waals surface area contributed by atoms with Gasteiger partial charge in [-0.05, 0) is 81.6 Å². The van der Waals surface area contributed by atoms with Gasteiger partial charge in [0.25, 0.3) is 0 Å². The number of aliphatic imine (C=N–C) groups is 1. The maximum Gasteiger partial charge on any atom is 0.0986 e. The van der Waals surface area contributed by atoms with Gasteiger partial charge < -0.3 is 25.8 Å². The van der Waals surface area contributed by atoms with Crippen molar-refractivity contribution < 1.29 is 0 Å². The van der Waals surface area contributed by atoms with E-state index in [1.165, 1.54) is 22.4 Å². The van der Waals surface area contributed by atoms with Crippen LogP contribution in [0.3, 0.4) is 0 Å². The molecule has 0 amide bonds. The Balaban J connectivity index is 0.00000116.